The van der Waals surface area contributed by atoms with E-state index in [4.69, 9.17) is 0 Å². The van der Waals surface area contributed by atoms with Crippen molar-refractivity contribution in [2.24, 2.45) is 0 Å². The van der Waals surface area contributed by atoms with E-state index in [1.54, 1.807) is 23.3 Å². The van der Waals surface area contributed by atoms with Crippen LogP contribution in [0, 0.1) is 0 Å². The van der Waals surface area contributed by atoms with Gasteiger partial charge in [0.2, 0.25) is 17.8 Å². The van der Waals surface area contributed by atoms with Crippen LogP contribution < -0.4 is 10.2 Å². The first kappa shape index (κ1) is 13.7. The van der Waals surface area contributed by atoms with Gasteiger partial charge in [-0.05, 0) is 19.8 Å². The average molecular weight is 289 g/mol. The molecule has 2 N–H and O–H groups in total. The fourth-order valence-corrected chi connectivity index (χ4v) is 2.29. The lowest BCUT2D eigenvalue weighted by atomic mass is 10.1. The van der Waals surface area contributed by atoms with Crippen LogP contribution in [0.5, 0.6) is 0 Å². The van der Waals surface area contributed by atoms with Crippen LogP contribution >= 0.6 is 0 Å². The molecule has 1 aliphatic heterocycles. The zero-order valence-corrected chi connectivity index (χ0v) is 12.0. The molecule has 2 aromatic rings. The molecule has 0 aromatic carbocycles. The fraction of sp³-hybridized carbons (Fsp3) is 0.538. The third kappa shape index (κ3) is 3.10. The number of hydrogen-bond donors (Lipinski definition) is 2. The van der Waals surface area contributed by atoms with E-state index in [1.165, 1.54) is 0 Å². The summed E-state index contributed by atoms with van der Waals surface area (Å²) in [7, 11) is 0. The number of imidazole rings is 1. The van der Waals surface area contributed by atoms with Gasteiger partial charge in [-0.3, -0.25) is 4.57 Å². The largest absolute Gasteiger partial charge is 0.393 e. The fourth-order valence-electron chi connectivity index (χ4n) is 2.29. The van der Waals surface area contributed by atoms with Crippen LogP contribution in [0.4, 0.5) is 11.9 Å². The monoisotopic (exact) mass is 289 g/mol. The number of nitrogens with one attached hydrogen (secondary N) is 1. The molecule has 2 aromatic heterocycles. The molecular formula is C13H19N7O. The Morgan fingerprint density at radius 2 is 2.00 bits per heavy atom. The maximum absolute atomic E-state index is 9.61. The lowest BCUT2D eigenvalue weighted by Crippen LogP contribution is -2.37. The summed E-state index contributed by atoms with van der Waals surface area (Å²) in [6.45, 7) is 4.24. The van der Waals surface area contributed by atoms with Crippen LogP contribution in [0.2, 0.25) is 0 Å². The standard InChI is InChI=1S/C13H19N7O/c1-2-15-11-16-12(19-6-3-10(21)4-7-19)18-13(17-11)20-8-5-14-9-20/h5,8-10,21H,2-4,6-7H2,1H3,(H,15,16,17,18). The molecule has 0 bridgehead atoms. The highest BCUT2D eigenvalue weighted by atomic mass is 16.3. The molecule has 0 amide bonds. The third-order valence-corrected chi connectivity index (χ3v) is 3.43. The summed E-state index contributed by atoms with van der Waals surface area (Å²) in [5.41, 5.74) is 0. The van der Waals surface area contributed by atoms with Crippen LogP contribution in [0.25, 0.3) is 5.95 Å². The summed E-state index contributed by atoms with van der Waals surface area (Å²) >= 11 is 0. The minimum atomic E-state index is -0.218. The average Bonchev–Trinajstić information content (AvgIpc) is 3.02. The van der Waals surface area contributed by atoms with E-state index in [9.17, 15) is 5.11 Å². The lowest BCUT2D eigenvalue weighted by Gasteiger charge is -2.29. The first-order valence-corrected chi connectivity index (χ1v) is 7.17. The van der Waals surface area contributed by atoms with Crippen molar-refractivity contribution in [1.82, 2.24) is 24.5 Å². The Morgan fingerprint density at radius 3 is 2.67 bits per heavy atom. The second-order valence-electron chi connectivity index (χ2n) is 4.98. The van der Waals surface area contributed by atoms with Gasteiger partial charge in [0.15, 0.2) is 0 Å². The molecule has 1 saturated heterocycles. The van der Waals surface area contributed by atoms with Crippen molar-refractivity contribution in [3.05, 3.63) is 18.7 Å². The number of anilines is 2. The minimum absolute atomic E-state index is 0.218. The maximum Gasteiger partial charge on any atom is 0.241 e. The van der Waals surface area contributed by atoms with Gasteiger partial charge in [-0.2, -0.15) is 15.0 Å². The number of aliphatic hydroxyl groups is 1. The Balaban J connectivity index is 1.91. The number of aromatic nitrogens is 5. The molecule has 8 heteroatoms. The molecule has 8 nitrogen and oxygen atoms in total. The van der Waals surface area contributed by atoms with Crippen molar-refractivity contribution in [1.29, 1.82) is 0 Å². The molecule has 0 saturated carbocycles. The predicted molar refractivity (Wildman–Crippen MR) is 78.6 cm³/mol. The molecule has 3 heterocycles. The van der Waals surface area contributed by atoms with E-state index in [0.29, 0.717) is 17.8 Å². The summed E-state index contributed by atoms with van der Waals surface area (Å²) in [4.78, 5) is 19.5. The topological polar surface area (TPSA) is 92.0 Å². The highest BCUT2D eigenvalue weighted by molar-refractivity contribution is 5.40. The van der Waals surface area contributed by atoms with Crippen molar-refractivity contribution < 1.29 is 5.11 Å². The first-order chi connectivity index (χ1) is 10.3. The Kier molecular flexibility index (Phi) is 3.96. The van der Waals surface area contributed by atoms with Gasteiger partial charge in [0, 0.05) is 32.0 Å². The summed E-state index contributed by atoms with van der Waals surface area (Å²) in [6, 6.07) is 0. The summed E-state index contributed by atoms with van der Waals surface area (Å²) in [6.07, 6.45) is 6.41. The van der Waals surface area contributed by atoms with Gasteiger partial charge >= 0.3 is 0 Å². The molecule has 0 atom stereocenters. The molecule has 1 aliphatic rings. The molecule has 0 unspecified atom stereocenters. The quantitative estimate of drug-likeness (QED) is 0.844. The van der Waals surface area contributed by atoms with Crippen molar-refractivity contribution in [2.45, 2.75) is 25.9 Å². The SMILES string of the molecule is CCNc1nc(N2CCC(O)CC2)nc(-n2ccnc2)n1. The summed E-state index contributed by atoms with van der Waals surface area (Å²) in [5, 5.41) is 12.7. The first-order valence-electron chi connectivity index (χ1n) is 7.17. The predicted octanol–water partition coefficient (Wildman–Crippen LogP) is 0.450. The Morgan fingerprint density at radius 1 is 1.24 bits per heavy atom. The van der Waals surface area contributed by atoms with E-state index in [2.05, 4.69) is 30.2 Å². The van der Waals surface area contributed by atoms with Gasteiger partial charge in [-0.25, -0.2) is 4.98 Å². The number of hydrogen-bond acceptors (Lipinski definition) is 7. The van der Waals surface area contributed by atoms with Gasteiger partial charge in [0.25, 0.3) is 0 Å². The van der Waals surface area contributed by atoms with Crippen LogP contribution in [-0.4, -0.2) is 55.3 Å². The molecule has 3 rings (SSSR count). The highest BCUT2D eigenvalue weighted by Crippen LogP contribution is 2.18. The van der Waals surface area contributed by atoms with Crippen molar-refractivity contribution in [3.63, 3.8) is 0 Å². The molecule has 1 fully saturated rings. The van der Waals surface area contributed by atoms with Crippen LogP contribution in [-0.2, 0) is 0 Å². The molecule has 0 aliphatic carbocycles. The second kappa shape index (κ2) is 6.04. The minimum Gasteiger partial charge on any atom is -0.393 e. The van der Waals surface area contributed by atoms with Crippen molar-refractivity contribution in [2.75, 3.05) is 29.9 Å². The zero-order chi connectivity index (χ0) is 14.7. The Bertz CT molecular complexity index is 578. The Labute approximate surface area is 122 Å². The number of piperidine rings is 1. The number of aliphatic hydroxyl groups excluding tert-OH is 1. The van der Waals surface area contributed by atoms with E-state index in [0.717, 1.165) is 32.5 Å². The van der Waals surface area contributed by atoms with Crippen molar-refractivity contribution >= 4 is 11.9 Å². The maximum atomic E-state index is 9.61. The second-order valence-corrected chi connectivity index (χ2v) is 4.98. The van der Waals surface area contributed by atoms with Crippen LogP contribution in [0.15, 0.2) is 18.7 Å². The molecule has 21 heavy (non-hydrogen) atoms. The van der Waals surface area contributed by atoms with Gasteiger partial charge in [-0.15, -0.1) is 0 Å². The number of rotatable bonds is 4. The van der Waals surface area contributed by atoms with Gasteiger partial charge in [-0.1, -0.05) is 0 Å². The van der Waals surface area contributed by atoms with Gasteiger partial charge in [0.05, 0.1) is 6.10 Å². The Hall–Kier alpha value is -2.22. The normalized spacial score (nSPS) is 16.2. The van der Waals surface area contributed by atoms with E-state index >= 15 is 0 Å². The third-order valence-electron chi connectivity index (χ3n) is 3.43. The van der Waals surface area contributed by atoms with Crippen LogP contribution in [0.1, 0.15) is 19.8 Å². The summed E-state index contributed by atoms with van der Waals surface area (Å²) in [5.74, 6) is 1.73. The number of nitrogens with zero attached hydrogens (tertiary/aromatic N) is 6. The molecular weight excluding hydrogens is 270 g/mol. The molecule has 0 radical (unpaired) electrons. The smallest absolute Gasteiger partial charge is 0.241 e. The van der Waals surface area contributed by atoms with Gasteiger partial charge in [0.1, 0.15) is 6.33 Å². The molecule has 0 spiro atoms. The van der Waals surface area contributed by atoms with Crippen molar-refractivity contribution in [3.8, 4) is 5.95 Å². The zero-order valence-electron chi connectivity index (χ0n) is 12.0. The van der Waals surface area contributed by atoms with E-state index in [-0.39, 0.29) is 6.10 Å². The lowest BCUT2D eigenvalue weighted by molar-refractivity contribution is 0.145. The van der Waals surface area contributed by atoms with Crippen LogP contribution in [0.3, 0.4) is 0 Å². The summed E-state index contributed by atoms with van der Waals surface area (Å²) < 4.78 is 1.75. The molecule has 112 valence electrons. The van der Waals surface area contributed by atoms with Gasteiger partial charge < -0.3 is 15.3 Å². The highest BCUT2D eigenvalue weighted by Gasteiger charge is 2.20. The van der Waals surface area contributed by atoms with E-state index in [1.807, 2.05) is 6.92 Å². The van der Waals surface area contributed by atoms with E-state index < -0.39 is 0 Å².